The molecule has 1 saturated carbocycles. The summed E-state index contributed by atoms with van der Waals surface area (Å²) >= 11 is 0. The first-order valence-corrected chi connectivity index (χ1v) is 6.23. The van der Waals surface area contributed by atoms with Gasteiger partial charge in [0.05, 0.1) is 22.5 Å². The maximum Gasteiger partial charge on any atom is 0.156 e. The first-order valence-electron chi connectivity index (χ1n) is 4.62. The minimum absolute atomic E-state index is 0.271. The number of nitriles is 1. The summed E-state index contributed by atoms with van der Waals surface area (Å²) in [7, 11) is -3.06. The molecule has 0 N–H and O–H groups in total. The lowest BCUT2D eigenvalue weighted by molar-refractivity contribution is 0.557. The van der Waals surface area contributed by atoms with Gasteiger partial charge in [0.1, 0.15) is 0 Å². The van der Waals surface area contributed by atoms with Crippen molar-refractivity contribution in [3.63, 3.8) is 0 Å². The number of sulfone groups is 1. The van der Waals surface area contributed by atoms with E-state index >= 15 is 0 Å². The molecule has 0 aromatic heterocycles. The zero-order valence-corrected chi connectivity index (χ0v) is 8.84. The van der Waals surface area contributed by atoms with Crippen LogP contribution in [0.2, 0.25) is 0 Å². The van der Waals surface area contributed by atoms with E-state index in [1.165, 1.54) is 0 Å². The molecule has 0 aromatic carbocycles. The van der Waals surface area contributed by atoms with Gasteiger partial charge in [-0.25, -0.2) is 8.42 Å². The number of rotatable bonds is 2. The molecule has 0 spiro atoms. The first kappa shape index (κ1) is 10.5. The second kappa shape index (κ2) is 3.67. The van der Waals surface area contributed by atoms with Gasteiger partial charge in [0.25, 0.3) is 0 Å². The van der Waals surface area contributed by atoms with Crippen molar-refractivity contribution in [2.24, 2.45) is 5.92 Å². The van der Waals surface area contributed by atoms with E-state index in [-0.39, 0.29) is 11.2 Å². The minimum atomic E-state index is -3.06. The van der Waals surface area contributed by atoms with Gasteiger partial charge in [-0.15, -0.1) is 0 Å². The Bertz CT molecular complexity index is 313. The van der Waals surface area contributed by atoms with Crippen molar-refractivity contribution in [1.29, 1.82) is 5.26 Å². The van der Waals surface area contributed by atoms with Crippen LogP contribution in [0.1, 0.15) is 33.1 Å². The average Bonchev–Trinajstić information content (AvgIpc) is 2.51. The predicted octanol–water partition coefficient (Wildman–Crippen LogP) is 1.50. The molecule has 2 atom stereocenters. The van der Waals surface area contributed by atoms with Gasteiger partial charge in [0.2, 0.25) is 0 Å². The van der Waals surface area contributed by atoms with Gasteiger partial charge in [0, 0.05) is 0 Å². The summed E-state index contributed by atoms with van der Waals surface area (Å²) in [5, 5.41) is 8.01. The van der Waals surface area contributed by atoms with Crippen LogP contribution >= 0.6 is 0 Å². The van der Waals surface area contributed by atoms with Crippen LogP contribution in [-0.4, -0.2) is 18.9 Å². The van der Waals surface area contributed by atoms with Gasteiger partial charge in [-0.2, -0.15) is 5.26 Å². The summed E-state index contributed by atoms with van der Waals surface area (Å²) in [4.78, 5) is 0. The molecular weight excluding hydrogens is 186 g/mol. The van der Waals surface area contributed by atoms with E-state index in [0.717, 1.165) is 12.8 Å². The largest absolute Gasteiger partial charge is 0.228 e. The molecule has 0 saturated heterocycles. The smallest absolute Gasteiger partial charge is 0.156 e. The van der Waals surface area contributed by atoms with E-state index in [1.54, 1.807) is 13.8 Å². The Balaban J connectivity index is 2.90. The molecule has 74 valence electrons. The van der Waals surface area contributed by atoms with Crippen molar-refractivity contribution >= 4 is 9.84 Å². The monoisotopic (exact) mass is 201 g/mol. The SMILES string of the molecule is CC(C)S(=O)(=O)C1CCCC1C#N. The van der Waals surface area contributed by atoms with Gasteiger partial charge in [-0.05, 0) is 26.7 Å². The van der Waals surface area contributed by atoms with E-state index in [9.17, 15) is 8.42 Å². The lowest BCUT2D eigenvalue weighted by Gasteiger charge is -2.16. The van der Waals surface area contributed by atoms with Gasteiger partial charge >= 0.3 is 0 Å². The topological polar surface area (TPSA) is 57.9 Å². The third-order valence-electron chi connectivity index (χ3n) is 2.70. The molecule has 2 unspecified atom stereocenters. The molecule has 0 amide bonds. The molecule has 1 aliphatic carbocycles. The van der Waals surface area contributed by atoms with Gasteiger partial charge < -0.3 is 0 Å². The van der Waals surface area contributed by atoms with Crippen LogP contribution in [-0.2, 0) is 9.84 Å². The van der Waals surface area contributed by atoms with Crippen LogP contribution in [0.4, 0.5) is 0 Å². The molecule has 13 heavy (non-hydrogen) atoms. The normalized spacial score (nSPS) is 29.1. The van der Waals surface area contributed by atoms with Gasteiger partial charge in [0.15, 0.2) is 9.84 Å². The molecule has 0 heterocycles. The lowest BCUT2D eigenvalue weighted by atomic mass is 10.1. The van der Waals surface area contributed by atoms with E-state index in [4.69, 9.17) is 5.26 Å². The van der Waals surface area contributed by atoms with Crippen LogP contribution < -0.4 is 0 Å². The average molecular weight is 201 g/mol. The van der Waals surface area contributed by atoms with Crippen molar-refractivity contribution in [2.45, 2.75) is 43.6 Å². The number of hydrogen-bond acceptors (Lipinski definition) is 3. The second-order valence-corrected chi connectivity index (χ2v) is 6.57. The zero-order valence-electron chi connectivity index (χ0n) is 8.03. The maximum atomic E-state index is 11.8. The van der Waals surface area contributed by atoms with E-state index in [2.05, 4.69) is 6.07 Å². The Labute approximate surface area is 79.7 Å². The summed E-state index contributed by atoms with van der Waals surface area (Å²) < 4.78 is 23.5. The molecule has 0 radical (unpaired) electrons. The molecule has 4 heteroatoms. The Kier molecular flexibility index (Phi) is 2.97. The minimum Gasteiger partial charge on any atom is -0.228 e. The fourth-order valence-corrected chi connectivity index (χ4v) is 3.67. The third kappa shape index (κ3) is 1.86. The maximum absolute atomic E-state index is 11.8. The summed E-state index contributed by atoms with van der Waals surface area (Å²) in [6, 6.07) is 2.10. The third-order valence-corrected chi connectivity index (χ3v) is 5.42. The molecule has 1 fully saturated rings. The molecule has 1 rings (SSSR count). The highest BCUT2D eigenvalue weighted by molar-refractivity contribution is 7.92. The first-order chi connectivity index (χ1) is 6.00. The summed E-state index contributed by atoms with van der Waals surface area (Å²) in [5.41, 5.74) is 0. The zero-order chi connectivity index (χ0) is 10.1. The Hall–Kier alpha value is -0.560. The van der Waals surface area contributed by atoms with E-state index in [0.29, 0.717) is 6.42 Å². The van der Waals surface area contributed by atoms with Crippen LogP contribution in [0, 0.1) is 17.2 Å². The van der Waals surface area contributed by atoms with Crippen molar-refractivity contribution in [2.75, 3.05) is 0 Å². The highest BCUT2D eigenvalue weighted by atomic mass is 32.2. The van der Waals surface area contributed by atoms with Crippen LogP contribution in [0.15, 0.2) is 0 Å². The van der Waals surface area contributed by atoms with Crippen molar-refractivity contribution < 1.29 is 8.42 Å². The van der Waals surface area contributed by atoms with Crippen LogP contribution in [0.3, 0.4) is 0 Å². The molecular formula is C9H15NO2S. The molecule has 0 bridgehead atoms. The Morgan fingerprint density at radius 2 is 2.00 bits per heavy atom. The predicted molar refractivity (Wildman–Crippen MR) is 50.8 cm³/mol. The number of hydrogen-bond donors (Lipinski definition) is 0. The van der Waals surface area contributed by atoms with Crippen molar-refractivity contribution in [3.8, 4) is 6.07 Å². The fourth-order valence-electron chi connectivity index (χ4n) is 1.82. The highest BCUT2D eigenvalue weighted by Gasteiger charge is 2.38. The Morgan fingerprint density at radius 1 is 1.38 bits per heavy atom. The summed E-state index contributed by atoms with van der Waals surface area (Å²) in [6.07, 6.45) is 2.28. The molecule has 0 aromatic rings. The van der Waals surface area contributed by atoms with Gasteiger partial charge in [-0.1, -0.05) is 6.42 Å². The lowest BCUT2D eigenvalue weighted by Crippen LogP contribution is -2.30. The standard InChI is InChI=1S/C9H15NO2S/c1-7(2)13(11,12)9-5-3-4-8(9)6-10/h7-9H,3-5H2,1-2H3. The van der Waals surface area contributed by atoms with Crippen molar-refractivity contribution in [1.82, 2.24) is 0 Å². The second-order valence-electron chi connectivity index (χ2n) is 3.84. The molecule has 3 nitrogen and oxygen atoms in total. The van der Waals surface area contributed by atoms with Crippen molar-refractivity contribution in [3.05, 3.63) is 0 Å². The molecule has 0 aliphatic heterocycles. The van der Waals surface area contributed by atoms with Crippen LogP contribution in [0.5, 0.6) is 0 Å². The fraction of sp³-hybridized carbons (Fsp3) is 0.889. The van der Waals surface area contributed by atoms with Crippen LogP contribution in [0.25, 0.3) is 0 Å². The summed E-state index contributed by atoms with van der Waals surface area (Å²) in [6.45, 7) is 3.37. The summed E-state index contributed by atoms with van der Waals surface area (Å²) in [5.74, 6) is -0.271. The quantitative estimate of drug-likeness (QED) is 0.680. The molecule has 1 aliphatic rings. The van der Waals surface area contributed by atoms with E-state index in [1.807, 2.05) is 0 Å². The number of nitrogens with zero attached hydrogens (tertiary/aromatic N) is 1. The Morgan fingerprint density at radius 3 is 2.46 bits per heavy atom. The highest BCUT2D eigenvalue weighted by Crippen LogP contribution is 2.32. The van der Waals surface area contributed by atoms with E-state index < -0.39 is 15.1 Å². The van der Waals surface area contributed by atoms with Gasteiger partial charge in [-0.3, -0.25) is 0 Å².